The molecule has 1 N–H and O–H groups in total. The van der Waals surface area contributed by atoms with Crippen molar-refractivity contribution in [2.45, 2.75) is 71.3 Å². The van der Waals surface area contributed by atoms with Crippen molar-refractivity contribution >= 4 is 28.3 Å². The van der Waals surface area contributed by atoms with Crippen molar-refractivity contribution in [1.29, 1.82) is 0 Å². The van der Waals surface area contributed by atoms with Crippen molar-refractivity contribution in [1.82, 2.24) is 0 Å². The first-order chi connectivity index (χ1) is 16.3. The van der Waals surface area contributed by atoms with Crippen LogP contribution in [0.5, 0.6) is 0 Å². The van der Waals surface area contributed by atoms with Crippen LogP contribution in [0.15, 0.2) is 40.8 Å². The van der Waals surface area contributed by atoms with Crippen LogP contribution in [-0.4, -0.2) is 33.0 Å². The lowest BCUT2D eigenvalue weighted by molar-refractivity contribution is -0.122. The molecule has 1 aromatic carbocycles. The molecule has 6 rings (SSSR count). The zero-order valence-electron chi connectivity index (χ0n) is 20.2. The monoisotopic (exact) mass is 481 g/mol. The van der Waals surface area contributed by atoms with Crippen LogP contribution in [0.4, 0.5) is 5.69 Å². The third-order valence-corrected chi connectivity index (χ3v) is 12.2. The second-order valence-corrected chi connectivity index (χ2v) is 13.3. The number of aliphatic hydroxyl groups is 1. The summed E-state index contributed by atoms with van der Waals surface area (Å²) in [5, 5.41) is 11.0. The summed E-state index contributed by atoms with van der Waals surface area (Å²) in [6.07, 6.45) is 6.71. The number of hydrogen-bond donors (Lipinski definition) is 1. The van der Waals surface area contributed by atoms with Gasteiger partial charge in [-0.2, -0.15) is 0 Å². The standard InChI is InChI=1S/C28H35NO4S/c1-27(2)17-12-13-28(27,23(30)14-17)16-34(33)22-15-21-24(20-11-7-6-10-19(20)22)26(32)29(25(21)31)18-8-4-3-5-9-18/h3-5,8-9,17,20-21,23-24,30H,6-7,10-16H2,1-2H3/t17-,20-,21-,23-,24+,28-,34?/m1/s1. The third kappa shape index (κ3) is 2.97. The van der Waals surface area contributed by atoms with E-state index in [9.17, 15) is 18.9 Å². The number of rotatable bonds is 4. The molecule has 5 nitrogen and oxygen atoms in total. The first-order valence-corrected chi connectivity index (χ1v) is 14.3. The van der Waals surface area contributed by atoms with Crippen molar-refractivity contribution in [3.8, 4) is 0 Å². The van der Waals surface area contributed by atoms with Gasteiger partial charge in [0.05, 0.1) is 23.6 Å². The molecule has 5 aliphatic rings. The van der Waals surface area contributed by atoms with E-state index >= 15 is 0 Å². The molecule has 0 spiro atoms. The highest BCUT2D eigenvalue weighted by Crippen LogP contribution is 2.66. The molecule has 1 unspecified atom stereocenters. The fraction of sp³-hybridized carbons (Fsp3) is 0.643. The van der Waals surface area contributed by atoms with Gasteiger partial charge in [-0.25, -0.2) is 0 Å². The average Bonchev–Trinajstić information content (AvgIpc) is 3.30. The Labute approximate surface area is 204 Å². The molecule has 6 heteroatoms. The van der Waals surface area contributed by atoms with Gasteiger partial charge in [-0.3, -0.25) is 18.7 Å². The molecule has 2 bridgehead atoms. The lowest BCUT2D eigenvalue weighted by Crippen LogP contribution is -2.44. The maximum atomic E-state index is 14.1. The summed E-state index contributed by atoms with van der Waals surface area (Å²) in [6.45, 7) is 4.49. The van der Waals surface area contributed by atoms with Crippen LogP contribution in [-0.2, 0) is 20.4 Å². The lowest BCUT2D eigenvalue weighted by atomic mass is 9.67. The number of nitrogens with zero attached hydrogens (tertiary/aromatic N) is 1. The van der Waals surface area contributed by atoms with Gasteiger partial charge in [0.25, 0.3) is 0 Å². The predicted octanol–water partition coefficient (Wildman–Crippen LogP) is 4.58. The highest BCUT2D eigenvalue weighted by molar-refractivity contribution is 7.89. The minimum atomic E-state index is -1.25. The third-order valence-electron chi connectivity index (χ3n) is 10.4. The largest absolute Gasteiger partial charge is 0.392 e. The van der Waals surface area contributed by atoms with Gasteiger partial charge < -0.3 is 5.11 Å². The zero-order valence-corrected chi connectivity index (χ0v) is 21.0. The van der Waals surface area contributed by atoms with E-state index < -0.39 is 22.8 Å². The highest BCUT2D eigenvalue weighted by atomic mass is 32.2. The number of amides is 2. The first-order valence-electron chi connectivity index (χ1n) is 13.0. The van der Waals surface area contributed by atoms with Crippen LogP contribution in [0.2, 0.25) is 0 Å². The van der Waals surface area contributed by atoms with E-state index in [4.69, 9.17) is 0 Å². The quantitative estimate of drug-likeness (QED) is 0.639. The molecule has 4 fully saturated rings. The number of aliphatic hydroxyl groups excluding tert-OH is 1. The maximum absolute atomic E-state index is 14.1. The van der Waals surface area contributed by atoms with E-state index in [0.29, 0.717) is 23.8 Å². The minimum Gasteiger partial charge on any atom is -0.392 e. The molecule has 0 aromatic heterocycles. The zero-order chi connectivity index (χ0) is 23.8. The maximum Gasteiger partial charge on any atom is 0.238 e. The first kappa shape index (κ1) is 22.7. The molecule has 1 aromatic rings. The Morgan fingerprint density at radius 2 is 1.82 bits per heavy atom. The predicted molar refractivity (Wildman–Crippen MR) is 132 cm³/mol. The van der Waals surface area contributed by atoms with Crippen molar-refractivity contribution < 1.29 is 18.9 Å². The summed E-state index contributed by atoms with van der Waals surface area (Å²) in [7, 11) is -1.25. The van der Waals surface area contributed by atoms with Crippen LogP contribution in [0.3, 0.4) is 0 Å². The normalized spacial score (nSPS) is 39.4. The second kappa shape index (κ2) is 7.86. The molecule has 1 saturated heterocycles. The Bertz CT molecular complexity index is 1090. The van der Waals surface area contributed by atoms with E-state index in [-0.39, 0.29) is 34.5 Å². The molecular formula is C28H35NO4S. The Morgan fingerprint density at radius 1 is 1.06 bits per heavy atom. The molecule has 4 aliphatic carbocycles. The number of hydrogen-bond acceptors (Lipinski definition) is 4. The molecule has 34 heavy (non-hydrogen) atoms. The Kier molecular flexibility index (Phi) is 5.24. The van der Waals surface area contributed by atoms with Crippen molar-refractivity contribution in [2.24, 2.45) is 34.5 Å². The second-order valence-electron chi connectivity index (χ2n) is 11.8. The van der Waals surface area contributed by atoms with Gasteiger partial charge in [-0.1, -0.05) is 44.0 Å². The number of allylic oxidation sites excluding steroid dienone is 2. The van der Waals surface area contributed by atoms with Crippen LogP contribution >= 0.6 is 0 Å². The van der Waals surface area contributed by atoms with E-state index in [1.54, 1.807) is 0 Å². The summed E-state index contributed by atoms with van der Waals surface area (Å²) in [6, 6.07) is 9.23. The van der Waals surface area contributed by atoms with Crippen LogP contribution in [0.25, 0.3) is 0 Å². The number of para-hydroxylation sites is 1. The fourth-order valence-electron chi connectivity index (χ4n) is 8.30. The number of imide groups is 1. The summed E-state index contributed by atoms with van der Waals surface area (Å²) >= 11 is 0. The van der Waals surface area contributed by atoms with E-state index in [2.05, 4.69) is 13.8 Å². The van der Waals surface area contributed by atoms with Crippen LogP contribution in [0.1, 0.15) is 65.2 Å². The van der Waals surface area contributed by atoms with Gasteiger partial charge in [0.2, 0.25) is 11.8 Å². The number of carbonyl (C=O) groups excluding carboxylic acids is 2. The van der Waals surface area contributed by atoms with Gasteiger partial charge in [0.15, 0.2) is 0 Å². The Balaban J connectivity index is 1.35. The van der Waals surface area contributed by atoms with Crippen molar-refractivity contribution in [3.05, 3.63) is 40.8 Å². The molecule has 0 radical (unpaired) electrons. The van der Waals surface area contributed by atoms with E-state index in [1.165, 1.54) is 10.5 Å². The summed E-state index contributed by atoms with van der Waals surface area (Å²) < 4.78 is 14.1. The van der Waals surface area contributed by atoms with Gasteiger partial charge in [-0.15, -0.1) is 0 Å². The Hall–Kier alpha value is -1.79. The number of anilines is 1. The van der Waals surface area contributed by atoms with E-state index in [0.717, 1.165) is 49.9 Å². The number of benzene rings is 1. The SMILES string of the molecule is CC1(C)[C@@H]2CC[C@@]1(CS(=O)C1=C3CCCC[C@H]3[C@@H]3C(=O)N(c4ccccc4)C(=O)[C@@H]3C1)[C@H](O)C2. The average molecular weight is 482 g/mol. The molecular weight excluding hydrogens is 446 g/mol. The van der Waals surface area contributed by atoms with Gasteiger partial charge >= 0.3 is 0 Å². The minimum absolute atomic E-state index is 0.0203. The smallest absolute Gasteiger partial charge is 0.238 e. The lowest BCUT2D eigenvalue weighted by Gasteiger charge is -2.42. The molecule has 1 heterocycles. The fourth-order valence-corrected chi connectivity index (χ4v) is 10.6. The van der Waals surface area contributed by atoms with Crippen LogP contribution in [0, 0.1) is 34.5 Å². The van der Waals surface area contributed by atoms with Gasteiger partial charge in [0.1, 0.15) is 0 Å². The van der Waals surface area contributed by atoms with E-state index in [1.807, 2.05) is 30.3 Å². The number of carbonyl (C=O) groups is 2. The van der Waals surface area contributed by atoms with Gasteiger partial charge in [0, 0.05) is 26.9 Å². The molecule has 3 saturated carbocycles. The summed E-state index contributed by atoms with van der Waals surface area (Å²) in [5.41, 5.74) is 1.49. The topological polar surface area (TPSA) is 74.7 Å². The summed E-state index contributed by atoms with van der Waals surface area (Å²) in [5.74, 6) is 0.0158. The summed E-state index contributed by atoms with van der Waals surface area (Å²) in [4.78, 5) is 29.4. The molecule has 7 atom stereocenters. The highest BCUT2D eigenvalue weighted by Gasteiger charge is 2.64. The number of fused-ring (bicyclic) bond motifs is 5. The molecule has 1 aliphatic heterocycles. The van der Waals surface area contributed by atoms with Crippen LogP contribution < -0.4 is 4.90 Å². The van der Waals surface area contributed by atoms with Crippen molar-refractivity contribution in [3.63, 3.8) is 0 Å². The molecule has 2 amide bonds. The van der Waals surface area contributed by atoms with Gasteiger partial charge in [-0.05, 0) is 74.3 Å². The van der Waals surface area contributed by atoms with Crippen molar-refractivity contribution in [2.75, 3.05) is 10.7 Å². The molecule has 182 valence electrons. The Morgan fingerprint density at radius 3 is 2.50 bits per heavy atom.